The number of carbonyl (C=O) groups is 1. The van der Waals surface area contributed by atoms with Gasteiger partial charge in [-0.05, 0) is 19.4 Å². The van der Waals surface area contributed by atoms with Crippen molar-refractivity contribution in [2.75, 3.05) is 29.5 Å². The summed E-state index contributed by atoms with van der Waals surface area (Å²) in [5.74, 6) is 0.286. The molecule has 1 aliphatic heterocycles. The van der Waals surface area contributed by atoms with Crippen LogP contribution in [0, 0.1) is 0 Å². The number of fused-ring (bicyclic) bond motifs is 1. The lowest BCUT2D eigenvalue weighted by Crippen LogP contribution is -2.32. The van der Waals surface area contributed by atoms with E-state index in [1.807, 2.05) is 6.07 Å². The van der Waals surface area contributed by atoms with Crippen molar-refractivity contribution in [3.8, 4) is 5.75 Å². The number of nitrogen functional groups attached to an aromatic ring is 1. The van der Waals surface area contributed by atoms with Crippen molar-refractivity contribution in [2.45, 2.75) is 19.4 Å². The molecule has 0 bridgehead atoms. The predicted octanol–water partition coefficient (Wildman–Crippen LogP) is 0.749. The summed E-state index contributed by atoms with van der Waals surface area (Å²) >= 11 is 0. The first-order valence-corrected chi connectivity index (χ1v) is 5.94. The molecule has 1 unspecified atom stereocenters. The fraction of sp³-hybridized carbons (Fsp3) is 0.417. The van der Waals surface area contributed by atoms with Crippen LogP contribution < -0.4 is 26.8 Å². The Kier molecular flexibility index (Phi) is 3.45. The maximum absolute atomic E-state index is 11.0. The molecule has 0 aromatic heterocycles. The standard InChI is InChI=1S/C12H18N4O2/c1-7(12(14)17)16-8-5-9(13)11-10(6-8)18-4-2-3-15-11/h5-7,15-16H,2-4,13H2,1H3,(H2,14,17). The minimum absolute atomic E-state index is 0.414. The molecule has 1 amide bonds. The molecule has 0 saturated carbocycles. The van der Waals surface area contributed by atoms with Crippen molar-refractivity contribution in [1.29, 1.82) is 0 Å². The first-order valence-electron chi connectivity index (χ1n) is 5.94. The molecule has 0 fully saturated rings. The molecule has 0 saturated heterocycles. The van der Waals surface area contributed by atoms with Crippen molar-refractivity contribution < 1.29 is 9.53 Å². The van der Waals surface area contributed by atoms with Gasteiger partial charge in [0.2, 0.25) is 5.91 Å². The molecule has 6 heteroatoms. The van der Waals surface area contributed by atoms with Gasteiger partial charge in [-0.15, -0.1) is 0 Å². The summed E-state index contributed by atoms with van der Waals surface area (Å²) in [7, 11) is 0. The Labute approximate surface area is 106 Å². The molecule has 18 heavy (non-hydrogen) atoms. The van der Waals surface area contributed by atoms with Crippen LogP contribution in [0.5, 0.6) is 5.75 Å². The van der Waals surface area contributed by atoms with E-state index in [9.17, 15) is 4.79 Å². The molecule has 2 rings (SSSR count). The second kappa shape index (κ2) is 5.03. The second-order valence-corrected chi connectivity index (χ2v) is 4.34. The van der Waals surface area contributed by atoms with Gasteiger partial charge in [0.25, 0.3) is 0 Å². The highest BCUT2D eigenvalue weighted by atomic mass is 16.5. The van der Waals surface area contributed by atoms with Crippen molar-refractivity contribution in [3.63, 3.8) is 0 Å². The summed E-state index contributed by atoms with van der Waals surface area (Å²) in [5, 5.41) is 6.22. The molecular formula is C12H18N4O2. The van der Waals surface area contributed by atoms with E-state index in [0.29, 0.717) is 18.0 Å². The number of amides is 1. The Morgan fingerprint density at radius 1 is 1.56 bits per heavy atom. The van der Waals surface area contributed by atoms with Crippen LogP contribution in [0.15, 0.2) is 12.1 Å². The lowest BCUT2D eigenvalue weighted by atomic mass is 10.2. The van der Waals surface area contributed by atoms with Gasteiger partial charge in [-0.25, -0.2) is 0 Å². The zero-order valence-electron chi connectivity index (χ0n) is 10.3. The van der Waals surface area contributed by atoms with Crippen molar-refractivity contribution >= 4 is 23.0 Å². The number of ether oxygens (including phenoxy) is 1. The molecule has 1 atom stereocenters. The molecular weight excluding hydrogens is 232 g/mol. The van der Waals surface area contributed by atoms with E-state index in [0.717, 1.165) is 24.3 Å². The third-order valence-electron chi connectivity index (χ3n) is 2.82. The third-order valence-corrected chi connectivity index (χ3v) is 2.82. The SMILES string of the molecule is CC(Nc1cc(N)c2c(c1)OCCCN2)C(N)=O. The number of primary amides is 1. The van der Waals surface area contributed by atoms with E-state index in [4.69, 9.17) is 16.2 Å². The van der Waals surface area contributed by atoms with Gasteiger partial charge in [0.1, 0.15) is 17.5 Å². The maximum atomic E-state index is 11.0. The highest BCUT2D eigenvalue weighted by Gasteiger charge is 2.15. The third kappa shape index (κ3) is 2.58. The molecule has 0 aliphatic carbocycles. The molecule has 98 valence electrons. The van der Waals surface area contributed by atoms with Gasteiger partial charge in [-0.2, -0.15) is 0 Å². The van der Waals surface area contributed by atoms with Crippen LogP contribution in [0.3, 0.4) is 0 Å². The summed E-state index contributed by atoms with van der Waals surface area (Å²) in [6.07, 6.45) is 0.925. The highest BCUT2D eigenvalue weighted by Crippen LogP contribution is 2.36. The highest BCUT2D eigenvalue weighted by molar-refractivity contribution is 5.84. The van der Waals surface area contributed by atoms with E-state index in [2.05, 4.69) is 10.6 Å². The molecule has 0 spiro atoms. The quantitative estimate of drug-likeness (QED) is 0.593. The van der Waals surface area contributed by atoms with E-state index in [1.165, 1.54) is 0 Å². The van der Waals surface area contributed by atoms with E-state index in [-0.39, 0.29) is 0 Å². The average molecular weight is 250 g/mol. The lowest BCUT2D eigenvalue weighted by Gasteiger charge is -2.16. The van der Waals surface area contributed by atoms with Crippen LogP contribution in [0.25, 0.3) is 0 Å². The largest absolute Gasteiger partial charge is 0.491 e. The summed E-state index contributed by atoms with van der Waals surface area (Å²) in [6.45, 7) is 3.18. The average Bonchev–Trinajstić information content (AvgIpc) is 2.54. The second-order valence-electron chi connectivity index (χ2n) is 4.34. The molecule has 6 N–H and O–H groups in total. The van der Waals surface area contributed by atoms with E-state index < -0.39 is 11.9 Å². The van der Waals surface area contributed by atoms with Crippen LogP contribution in [-0.4, -0.2) is 25.1 Å². The van der Waals surface area contributed by atoms with Crippen LogP contribution in [0.4, 0.5) is 17.1 Å². The Morgan fingerprint density at radius 3 is 3.06 bits per heavy atom. The van der Waals surface area contributed by atoms with Crippen molar-refractivity contribution in [2.24, 2.45) is 5.73 Å². The van der Waals surface area contributed by atoms with Gasteiger partial charge in [-0.1, -0.05) is 0 Å². The van der Waals surface area contributed by atoms with Gasteiger partial charge < -0.3 is 26.8 Å². The predicted molar refractivity (Wildman–Crippen MR) is 71.7 cm³/mol. The topological polar surface area (TPSA) is 102 Å². The molecule has 0 radical (unpaired) electrons. The van der Waals surface area contributed by atoms with Crippen molar-refractivity contribution in [3.05, 3.63) is 12.1 Å². The first-order chi connectivity index (χ1) is 8.58. The fourth-order valence-corrected chi connectivity index (χ4v) is 1.81. The normalized spacial score (nSPS) is 15.6. The smallest absolute Gasteiger partial charge is 0.239 e. The van der Waals surface area contributed by atoms with Crippen LogP contribution in [0.1, 0.15) is 13.3 Å². The zero-order chi connectivity index (χ0) is 13.1. The maximum Gasteiger partial charge on any atom is 0.239 e. The molecule has 6 nitrogen and oxygen atoms in total. The summed E-state index contributed by atoms with van der Waals surface area (Å²) in [6, 6.07) is 3.13. The number of hydrogen-bond acceptors (Lipinski definition) is 5. The fourth-order valence-electron chi connectivity index (χ4n) is 1.81. The number of carbonyl (C=O) groups excluding carboxylic acids is 1. The summed E-state index contributed by atoms with van der Waals surface area (Å²) < 4.78 is 5.61. The summed E-state index contributed by atoms with van der Waals surface area (Å²) in [4.78, 5) is 11.0. The van der Waals surface area contributed by atoms with Gasteiger partial charge in [0.15, 0.2) is 0 Å². The van der Waals surface area contributed by atoms with Gasteiger partial charge >= 0.3 is 0 Å². The first kappa shape index (κ1) is 12.3. The molecule has 1 aromatic carbocycles. The minimum atomic E-state index is -0.457. The van der Waals surface area contributed by atoms with Crippen LogP contribution in [-0.2, 0) is 4.79 Å². The van der Waals surface area contributed by atoms with Gasteiger partial charge in [0, 0.05) is 18.3 Å². The summed E-state index contributed by atoms with van der Waals surface area (Å²) in [5.41, 5.74) is 13.3. The minimum Gasteiger partial charge on any atom is -0.491 e. The number of nitrogens with two attached hydrogens (primary N) is 2. The van der Waals surface area contributed by atoms with E-state index >= 15 is 0 Å². The van der Waals surface area contributed by atoms with Gasteiger partial charge in [-0.3, -0.25) is 4.79 Å². The number of hydrogen-bond donors (Lipinski definition) is 4. The van der Waals surface area contributed by atoms with Crippen LogP contribution in [0.2, 0.25) is 0 Å². The van der Waals surface area contributed by atoms with Gasteiger partial charge in [0.05, 0.1) is 12.3 Å². The zero-order valence-corrected chi connectivity index (χ0v) is 10.3. The van der Waals surface area contributed by atoms with Crippen LogP contribution >= 0.6 is 0 Å². The lowest BCUT2D eigenvalue weighted by molar-refractivity contribution is -0.118. The Balaban J connectivity index is 2.26. The number of anilines is 3. The Hall–Kier alpha value is -2.11. The van der Waals surface area contributed by atoms with E-state index in [1.54, 1.807) is 13.0 Å². The Morgan fingerprint density at radius 2 is 2.33 bits per heavy atom. The number of rotatable bonds is 3. The number of benzene rings is 1. The molecule has 1 aromatic rings. The van der Waals surface area contributed by atoms with Crippen molar-refractivity contribution in [1.82, 2.24) is 0 Å². The molecule has 1 aliphatic rings. The number of nitrogens with one attached hydrogen (secondary N) is 2. The molecule has 1 heterocycles. The Bertz CT molecular complexity index is 462. The monoisotopic (exact) mass is 250 g/mol.